The van der Waals surface area contributed by atoms with Crippen LogP contribution in [0.4, 0.5) is 0 Å². The molecule has 1 aromatic rings. The Kier molecular flexibility index (Phi) is 5.33. The zero-order valence-corrected chi connectivity index (χ0v) is 16.9. The lowest BCUT2D eigenvalue weighted by molar-refractivity contribution is -0.154. The number of aliphatic carboxylic acids is 1. The molecule has 3 saturated heterocycles. The molecule has 4 atom stereocenters. The van der Waals surface area contributed by atoms with E-state index in [-0.39, 0.29) is 42.1 Å². The number of aromatic nitrogens is 1. The normalized spacial score (nSPS) is 29.4. The van der Waals surface area contributed by atoms with Crippen LogP contribution in [0.1, 0.15) is 47.8 Å². The molecular weight excluding hydrogens is 376 g/mol. The predicted octanol–water partition coefficient (Wildman–Crippen LogP) is 0.807. The highest BCUT2D eigenvalue weighted by molar-refractivity contribution is 5.92. The van der Waals surface area contributed by atoms with Crippen molar-refractivity contribution in [3.8, 4) is 0 Å². The van der Waals surface area contributed by atoms with E-state index >= 15 is 0 Å². The molecular formula is C20H28N4O5. The molecule has 0 unspecified atom stereocenters. The first kappa shape index (κ1) is 19.9. The van der Waals surface area contributed by atoms with Gasteiger partial charge in [0.05, 0.1) is 18.3 Å². The standard InChI is InChI=1S/C20H28N4O5/c1-11-19(29-12(2)22-11)20(28)21-7-16-14-6-13(8-23(9-14)10-18(26)27)15-4-3-5-17(25)24(15)16/h13-16H,3-10H2,1-2H3,(H,21,28)(H,26,27)/t13-,14+,15+,16+/m1/s1. The van der Waals surface area contributed by atoms with Gasteiger partial charge in [0.25, 0.3) is 5.91 Å². The number of carbonyl (C=O) groups is 3. The first-order valence-electron chi connectivity index (χ1n) is 10.3. The average Bonchev–Trinajstić information content (AvgIpc) is 2.99. The highest BCUT2D eigenvalue weighted by Crippen LogP contribution is 2.41. The number of hydrogen-bond donors (Lipinski definition) is 2. The SMILES string of the molecule is Cc1nc(C)c(C(=O)NC[C@H]2[C@H]3C[C@H](CN(CC(=O)O)C3)[C@@H]3CCCC(=O)N32)o1. The van der Waals surface area contributed by atoms with E-state index in [1.165, 1.54) is 0 Å². The van der Waals surface area contributed by atoms with Gasteiger partial charge in [-0.15, -0.1) is 0 Å². The molecule has 4 heterocycles. The van der Waals surface area contributed by atoms with E-state index in [9.17, 15) is 19.5 Å². The van der Waals surface area contributed by atoms with Gasteiger partial charge >= 0.3 is 5.97 Å². The number of likely N-dealkylation sites (tertiary alicyclic amines) is 1. The van der Waals surface area contributed by atoms with Gasteiger partial charge in [-0.2, -0.15) is 0 Å². The molecule has 0 radical (unpaired) electrons. The molecule has 3 aliphatic heterocycles. The third-order valence-electron chi connectivity index (χ3n) is 6.51. The summed E-state index contributed by atoms with van der Waals surface area (Å²) in [7, 11) is 0. The lowest BCUT2D eigenvalue weighted by atomic mass is 9.72. The van der Waals surface area contributed by atoms with Gasteiger partial charge in [-0.1, -0.05) is 0 Å². The summed E-state index contributed by atoms with van der Waals surface area (Å²) >= 11 is 0. The van der Waals surface area contributed by atoms with Gasteiger partial charge in [-0.05, 0) is 38.0 Å². The maximum Gasteiger partial charge on any atom is 0.317 e. The van der Waals surface area contributed by atoms with E-state index in [4.69, 9.17) is 4.42 Å². The Balaban J connectivity index is 1.52. The smallest absolute Gasteiger partial charge is 0.317 e. The van der Waals surface area contributed by atoms with E-state index in [0.717, 1.165) is 19.3 Å². The number of piperidine rings is 3. The van der Waals surface area contributed by atoms with Crippen LogP contribution in [0.15, 0.2) is 4.42 Å². The second kappa shape index (κ2) is 7.78. The van der Waals surface area contributed by atoms with Gasteiger partial charge < -0.3 is 19.7 Å². The molecule has 3 fully saturated rings. The molecule has 2 N–H and O–H groups in total. The molecule has 0 aliphatic carbocycles. The van der Waals surface area contributed by atoms with Crippen molar-refractivity contribution in [1.82, 2.24) is 20.1 Å². The van der Waals surface area contributed by atoms with Gasteiger partial charge in [-0.25, -0.2) is 4.98 Å². The molecule has 0 spiro atoms. The summed E-state index contributed by atoms with van der Waals surface area (Å²) in [6.07, 6.45) is 3.32. The van der Waals surface area contributed by atoms with Gasteiger partial charge in [0, 0.05) is 39.0 Å². The van der Waals surface area contributed by atoms with Crippen LogP contribution in [0.25, 0.3) is 0 Å². The lowest BCUT2D eigenvalue weighted by Crippen LogP contribution is -2.67. The van der Waals surface area contributed by atoms with Crippen molar-refractivity contribution in [2.45, 2.75) is 51.6 Å². The van der Waals surface area contributed by atoms with Crippen LogP contribution in [0, 0.1) is 25.7 Å². The van der Waals surface area contributed by atoms with Crippen LogP contribution in [-0.2, 0) is 9.59 Å². The van der Waals surface area contributed by atoms with Crippen LogP contribution >= 0.6 is 0 Å². The minimum absolute atomic E-state index is 0.0171. The topological polar surface area (TPSA) is 116 Å². The lowest BCUT2D eigenvalue weighted by Gasteiger charge is -2.56. The third-order valence-corrected chi connectivity index (χ3v) is 6.51. The van der Waals surface area contributed by atoms with Crippen LogP contribution in [-0.4, -0.2) is 75.9 Å². The van der Waals surface area contributed by atoms with Crippen LogP contribution in [0.5, 0.6) is 0 Å². The number of aryl methyl sites for hydroxylation is 2. The summed E-state index contributed by atoms with van der Waals surface area (Å²) in [6, 6.07) is -0.00539. The van der Waals surface area contributed by atoms with Crippen LogP contribution in [0.3, 0.4) is 0 Å². The molecule has 9 nitrogen and oxygen atoms in total. The first-order chi connectivity index (χ1) is 13.8. The largest absolute Gasteiger partial charge is 0.480 e. The van der Waals surface area contributed by atoms with Crippen LogP contribution in [0.2, 0.25) is 0 Å². The third kappa shape index (κ3) is 3.88. The van der Waals surface area contributed by atoms with Crippen molar-refractivity contribution in [1.29, 1.82) is 0 Å². The second-order valence-electron chi connectivity index (χ2n) is 8.53. The summed E-state index contributed by atoms with van der Waals surface area (Å²) in [5, 5.41) is 12.2. The van der Waals surface area contributed by atoms with Gasteiger partial charge in [0.1, 0.15) is 0 Å². The second-order valence-corrected chi connectivity index (χ2v) is 8.53. The first-order valence-corrected chi connectivity index (χ1v) is 10.3. The predicted molar refractivity (Wildman–Crippen MR) is 102 cm³/mol. The fourth-order valence-corrected chi connectivity index (χ4v) is 5.47. The minimum atomic E-state index is -0.831. The van der Waals surface area contributed by atoms with Gasteiger partial charge in [0.15, 0.2) is 5.89 Å². The van der Waals surface area contributed by atoms with Crippen molar-refractivity contribution in [3.63, 3.8) is 0 Å². The number of nitrogens with zero attached hydrogens (tertiary/aromatic N) is 3. The van der Waals surface area contributed by atoms with E-state index < -0.39 is 5.97 Å². The van der Waals surface area contributed by atoms with E-state index in [1.54, 1.807) is 13.8 Å². The summed E-state index contributed by atoms with van der Waals surface area (Å²) in [4.78, 5) is 44.7. The van der Waals surface area contributed by atoms with Crippen molar-refractivity contribution >= 4 is 17.8 Å². The van der Waals surface area contributed by atoms with E-state index in [0.29, 0.717) is 43.6 Å². The number of carboxylic acids is 1. The maximum absolute atomic E-state index is 12.8. The van der Waals surface area contributed by atoms with Crippen molar-refractivity contribution in [2.24, 2.45) is 11.8 Å². The zero-order chi connectivity index (χ0) is 20.7. The number of carboxylic acid groups (broad SMARTS) is 1. The van der Waals surface area contributed by atoms with E-state index in [2.05, 4.69) is 10.3 Å². The molecule has 3 aliphatic rings. The Morgan fingerprint density at radius 2 is 2.03 bits per heavy atom. The number of oxazole rings is 1. The maximum atomic E-state index is 12.8. The van der Waals surface area contributed by atoms with Gasteiger partial charge in [0.2, 0.25) is 11.7 Å². The number of amides is 2. The molecule has 2 bridgehead atoms. The number of rotatable bonds is 5. The molecule has 2 amide bonds. The molecule has 9 heteroatoms. The van der Waals surface area contributed by atoms with Crippen molar-refractivity contribution in [3.05, 3.63) is 17.3 Å². The van der Waals surface area contributed by atoms with E-state index in [1.807, 2.05) is 9.80 Å². The summed E-state index contributed by atoms with van der Waals surface area (Å²) in [5.74, 6) is 0.0678. The highest BCUT2D eigenvalue weighted by Gasteiger charge is 2.49. The zero-order valence-electron chi connectivity index (χ0n) is 16.9. The molecule has 0 aromatic carbocycles. The fraction of sp³-hybridized carbons (Fsp3) is 0.700. The number of hydrogen-bond acceptors (Lipinski definition) is 6. The van der Waals surface area contributed by atoms with Crippen molar-refractivity contribution in [2.75, 3.05) is 26.2 Å². The van der Waals surface area contributed by atoms with Gasteiger partial charge in [-0.3, -0.25) is 19.3 Å². The summed E-state index contributed by atoms with van der Waals surface area (Å²) < 4.78 is 5.41. The quantitative estimate of drug-likeness (QED) is 0.746. The summed E-state index contributed by atoms with van der Waals surface area (Å²) in [5.41, 5.74) is 0.543. The minimum Gasteiger partial charge on any atom is -0.480 e. The number of nitrogens with one attached hydrogen (secondary N) is 1. The number of fused-ring (bicyclic) bond motifs is 4. The molecule has 29 heavy (non-hydrogen) atoms. The molecule has 1 aromatic heterocycles. The Morgan fingerprint density at radius 1 is 1.28 bits per heavy atom. The Bertz CT molecular complexity index is 822. The number of carbonyl (C=O) groups excluding carboxylic acids is 2. The molecule has 0 saturated carbocycles. The Morgan fingerprint density at radius 3 is 2.72 bits per heavy atom. The Labute approximate surface area is 169 Å². The molecule has 4 rings (SSSR count). The fourth-order valence-electron chi connectivity index (χ4n) is 5.47. The summed E-state index contributed by atoms with van der Waals surface area (Å²) in [6.45, 7) is 5.11. The monoisotopic (exact) mass is 404 g/mol. The van der Waals surface area contributed by atoms with Crippen molar-refractivity contribution < 1.29 is 23.9 Å². The Hall–Kier alpha value is -2.42. The van der Waals surface area contributed by atoms with Crippen LogP contribution < -0.4 is 5.32 Å². The average molecular weight is 404 g/mol. The highest BCUT2D eigenvalue weighted by atomic mass is 16.4. The molecule has 158 valence electrons.